The Kier molecular flexibility index (Phi) is 2.98. The van der Waals surface area contributed by atoms with Crippen molar-refractivity contribution >= 4 is 22.8 Å². The summed E-state index contributed by atoms with van der Waals surface area (Å²) in [6, 6.07) is 8.20. The number of nitrogens with zero attached hydrogens (tertiary/aromatic N) is 2. The number of hydrogen-bond acceptors (Lipinski definition) is 3. The molecule has 0 spiro atoms. The van der Waals surface area contributed by atoms with Crippen molar-refractivity contribution in [2.45, 2.75) is 6.54 Å². The number of hydrogen-bond donors (Lipinski definition) is 2. The van der Waals surface area contributed by atoms with Crippen molar-refractivity contribution in [3.8, 4) is 6.07 Å². The lowest BCUT2D eigenvalue weighted by Gasteiger charge is -2.04. The van der Waals surface area contributed by atoms with Crippen molar-refractivity contribution in [1.29, 1.82) is 5.26 Å². The minimum absolute atomic E-state index is 0.0265. The summed E-state index contributed by atoms with van der Waals surface area (Å²) in [5, 5.41) is 11.7. The number of primary amides is 1. The molecule has 90 valence electrons. The third-order valence-corrected chi connectivity index (χ3v) is 2.51. The van der Waals surface area contributed by atoms with Gasteiger partial charge in [0.2, 0.25) is 5.91 Å². The van der Waals surface area contributed by atoms with E-state index in [1.54, 1.807) is 35.0 Å². The standard InChI is InChI=1S/C12H10N4O2/c13-6-8-2-1-3-10-9(8)4-5-16(10)7-11(17)15-12(14)18/h1-5H,7H2,(H3,14,15,17,18). The molecule has 0 aliphatic rings. The number of nitriles is 1. The Bertz CT molecular complexity index is 666. The zero-order chi connectivity index (χ0) is 13.1. The van der Waals surface area contributed by atoms with Gasteiger partial charge in [0.05, 0.1) is 11.6 Å². The van der Waals surface area contributed by atoms with Gasteiger partial charge in [0, 0.05) is 17.1 Å². The minimum Gasteiger partial charge on any atom is -0.351 e. The van der Waals surface area contributed by atoms with Gasteiger partial charge in [-0.1, -0.05) is 6.07 Å². The molecule has 0 saturated carbocycles. The number of benzene rings is 1. The van der Waals surface area contributed by atoms with Crippen LogP contribution >= 0.6 is 0 Å². The number of imide groups is 1. The molecule has 6 nitrogen and oxygen atoms in total. The average Bonchev–Trinajstić information content (AvgIpc) is 2.71. The third kappa shape index (κ3) is 2.15. The maximum Gasteiger partial charge on any atom is 0.318 e. The van der Waals surface area contributed by atoms with Crippen LogP contribution < -0.4 is 11.1 Å². The molecular weight excluding hydrogens is 232 g/mol. The summed E-state index contributed by atoms with van der Waals surface area (Å²) < 4.78 is 1.65. The van der Waals surface area contributed by atoms with Gasteiger partial charge >= 0.3 is 6.03 Å². The molecule has 0 unspecified atom stereocenters. The first kappa shape index (κ1) is 11.7. The minimum atomic E-state index is -0.880. The van der Waals surface area contributed by atoms with Crippen LogP contribution in [0.25, 0.3) is 10.9 Å². The lowest BCUT2D eigenvalue weighted by molar-refractivity contribution is -0.120. The summed E-state index contributed by atoms with van der Waals surface area (Å²) in [5.41, 5.74) is 6.16. The molecule has 6 heteroatoms. The van der Waals surface area contributed by atoms with Crippen LogP contribution in [0.4, 0.5) is 4.79 Å². The molecule has 2 rings (SSSR count). The maximum atomic E-state index is 11.4. The number of amides is 3. The summed E-state index contributed by atoms with van der Waals surface area (Å²) in [5.74, 6) is -0.498. The number of fused-ring (bicyclic) bond motifs is 1. The quantitative estimate of drug-likeness (QED) is 0.810. The van der Waals surface area contributed by atoms with Crippen LogP contribution in [0.2, 0.25) is 0 Å². The number of nitrogens with one attached hydrogen (secondary N) is 1. The van der Waals surface area contributed by atoms with Gasteiger partial charge in [-0.05, 0) is 18.2 Å². The first-order valence-corrected chi connectivity index (χ1v) is 5.19. The van der Waals surface area contributed by atoms with E-state index < -0.39 is 11.9 Å². The Hall–Kier alpha value is -2.81. The first-order valence-electron chi connectivity index (χ1n) is 5.19. The van der Waals surface area contributed by atoms with Gasteiger partial charge < -0.3 is 10.3 Å². The van der Waals surface area contributed by atoms with Gasteiger partial charge in [-0.25, -0.2) is 4.79 Å². The van der Waals surface area contributed by atoms with E-state index in [1.165, 1.54) is 0 Å². The molecule has 1 aromatic carbocycles. The van der Waals surface area contributed by atoms with Crippen LogP contribution in [0.1, 0.15) is 5.56 Å². The van der Waals surface area contributed by atoms with E-state index >= 15 is 0 Å². The van der Waals surface area contributed by atoms with E-state index in [-0.39, 0.29) is 6.54 Å². The summed E-state index contributed by atoms with van der Waals surface area (Å²) >= 11 is 0. The highest BCUT2D eigenvalue weighted by Crippen LogP contribution is 2.19. The smallest absolute Gasteiger partial charge is 0.318 e. The molecule has 1 aromatic heterocycles. The van der Waals surface area contributed by atoms with Crippen LogP contribution in [0.15, 0.2) is 30.5 Å². The molecule has 0 saturated heterocycles. The SMILES string of the molecule is N#Cc1cccc2c1ccn2CC(=O)NC(N)=O. The molecule has 0 aliphatic carbocycles. The Labute approximate surface area is 103 Å². The van der Waals surface area contributed by atoms with Gasteiger partial charge in [0.25, 0.3) is 0 Å². The van der Waals surface area contributed by atoms with E-state index in [4.69, 9.17) is 11.0 Å². The lowest BCUT2D eigenvalue weighted by atomic mass is 10.1. The van der Waals surface area contributed by atoms with E-state index in [0.717, 1.165) is 10.9 Å². The van der Waals surface area contributed by atoms with Crippen molar-refractivity contribution in [2.75, 3.05) is 0 Å². The van der Waals surface area contributed by atoms with Crippen LogP contribution in [0.3, 0.4) is 0 Å². The Morgan fingerprint density at radius 2 is 2.17 bits per heavy atom. The molecule has 0 aliphatic heterocycles. The van der Waals surface area contributed by atoms with Gasteiger partial charge in [-0.3, -0.25) is 10.1 Å². The fourth-order valence-electron chi connectivity index (χ4n) is 1.79. The van der Waals surface area contributed by atoms with Crippen molar-refractivity contribution in [2.24, 2.45) is 5.73 Å². The van der Waals surface area contributed by atoms with Crippen molar-refractivity contribution in [3.05, 3.63) is 36.0 Å². The highest BCUT2D eigenvalue weighted by molar-refractivity contribution is 5.94. The van der Waals surface area contributed by atoms with Crippen molar-refractivity contribution < 1.29 is 9.59 Å². The number of urea groups is 1. The van der Waals surface area contributed by atoms with Crippen LogP contribution in [-0.2, 0) is 11.3 Å². The summed E-state index contributed by atoms with van der Waals surface area (Å²) in [4.78, 5) is 22.0. The summed E-state index contributed by atoms with van der Waals surface area (Å²) in [6.45, 7) is -0.0265. The summed E-state index contributed by atoms with van der Waals surface area (Å²) in [7, 11) is 0. The molecule has 0 fully saturated rings. The highest BCUT2D eigenvalue weighted by Gasteiger charge is 2.09. The number of carbonyl (C=O) groups is 2. The first-order chi connectivity index (χ1) is 8.61. The predicted octanol–water partition coefficient (Wildman–Crippen LogP) is 0.708. The van der Waals surface area contributed by atoms with Gasteiger partial charge in [0.15, 0.2) is 0 Å². The molecule has 0 radical (unpaired) electrons. The third-order valence-electron chi connectivity index (χ3n) is 2.51. The predicted molar refractivity (Wildman–Crippen MR) is 64.4 cm³/mol. The van der Waals surface area contributed by atoms with Gasteiger partial charge in [0.1, 0.15) is 6.54 Å². The zero-order valence-corrected chi connectivity index (χ0v) is 9.38. The molecule has 0 bridgehead atoms. The van der Waals surface area contributed by atoms with E-state index in [0.29, 0.717) is 5.56 Å². The van der Waals surface area contributed by atoms with Crippen molar-refractivity contribution in [1.82, 2.24) is 9.88 Å². The average molecular weight is 242 g/mol. The second-order valence-electron chi connectivity index (χ2n) is 3.71. The molecule has 3 amide bonds. The van der Waals surface area contributed by atoms with Crippen molar-refractivity contribution in [3.63, 3.8) is 0 Å². The van der Waals surface area contributed by atoms with Gasteiger partial charge in [-0.2, -0.15) is 5.26 Å². The van der Waals surface area contributed by atoms with Crippen LogP contribution in [0, 0.1) is 11.3 Å². The topological polar surface area (TPSA) is 101 Å². The molecule has 18 heavy (non-hydrogen) atoms. The Morgan fingerprint density at radius 3 is 2.83 bits per heavy atom. The Morgan fingerprint density at radius 1 is 1.39 bits per heavy atom. The summed E-state index contributed by atoms with van der Waals surface area (Å²) in [6.07, 6.45) is 1.69. The van der Waals surface area contributed by atoms with Gasteiger partial charge in [-0.15, -0.1) is 0 Å². The van der Waals surface area contributed by atoms with Crippen LogP contribution in [-0.4, -0.2) is 16.5 Å². The van der Waals surface area contributed by atoms with E-state index in [9.17, 15) is 9.59 Å². The second-order valence-corrected chi connectivity index (χ2v) is 3.71. The largest absolute Gasteiger partial charge is 0.351 e. The molecule has 1 heterocycles. The number of rotatable bonds is 2. The maximum absolute atomic E-state index is 11.4. The van der Waals surface area contributed by atoms with E-state index in [2.05, 4.69) is 6.07 Å². The van der Waals surface area contributed by atoms with Crippen LogP contribution in [0.5, 0.6) is 0 Å². The highest BCUT2D eigenvalue weighted by atomic mass is 16.2. The number of nitrogens with two attached hydrogens (primary N) is 1. The fraction of sp³-hybridized carbons (Fsp3) is 0.0833. The molecular formula is C12H10N4O2. The number of aromatic nitrogens is 1. The molecule has 2 aromatic rings. The monoisotopic (exact) mass is 242 g/mol. The second kappa shape index (κ2) is 4.59. The molecule has 3 N–H and O–H groups in total. The Balaban J connectivity index is 2.33. The zero-order valence-electron chi connectivity index (χ0n) is 9.38. The van der Waals surface area contributed by atoms with E-state index in [1.807, 2.05) is 5.32 Å². The lowest BCUT2D eigenvalue weighted by Crippen LogP contribution is -2.37. The fourth-order valence-corrected chi connectivity index (χ4v) is 1.79. The molecule has 0 atom stereocenters. The number of carbonyl (C=O) groups excluding carboxylic acids is 2. The normalized spacial score (nSPS) is 9.94.